The van der Waals surface area contributed by atoms with Crippen molar-refractivity contribution in [2.75, 3.05) is 0 Å². The second kappa shape index (κ2) is 5.20. The van der Waals surface area contributed by atoms with Crippen LogP contribution in [0.2, 0.25) is 0 Å². The molecule has 0 saturated carbocycles. The van der Waals surface area contributed by atoms with Crippen molar-refractivity contribution in [3.8, 4) is 11.4 Å². The van der Waals surface area contributed by atoms with E-state index in [2.05, 4.69) is 26.1 Å². The van der Waals surface area contributed by atoms with E-state index in [1.807, 2.05) is 39.0 Å². The van der Waals surface area contributed by atoms with Gasteiger partial charge in [0.05, 0.1) is 6.04 Å². The summed E-state index contributed by atoms with van der Waals surface area (Å²) in [5.74, 6) is 1.31. The first-order valence-corrected chi connectivity index (χ1v) is 6.64. The zero-order valence-electron chi connectivity index (χ0n) is 10.6. The molecule has 18 heavy (non-hydrogen) atoms. The molecular weight excluding hydrogens is 294 g/mol. The molecule has 2 aromatic rings. The third kappa shape index (κ3) is 2.62. The molecule has 1 heterocycles. The number of benzene rings is 1. The van der Waals surface area contributed by atoms with Crippen LogP contribution in [0.1, 0.15) is 31.3 Å². The molecule has 0 saturated heterocycles. The summed E-state index contributed by atoms with van der Waals surface area (Å²) in [5, 5.41) is 3.98. The summed E-state index contributed by atoms with van der Waals surface area (Å²) in [4.78, 5) is 4.36. The fourth-order valence-corrected chi connectivity index (χ4v) is 2.24. The van der Waals surface area contributed by atoms with Gasteiger partial charge < -0.3 is 10.3 Å². The molecule has 5 heteroatoms. The molecule has 0 unspecified atom stereocenters. The molecule has 1 atom stereocenters. The predicted octanol–water partition coefficient (Wildman–Crippen LogP) is 3.46. The monoisotopic (exact) mass is 309 g/mol. The number of hydrogen-bond acceptors (Lipinski definition) is 4. The summed E-state index contributed by atoms with van der Waals surface area (Å²) >= 11 is 3.51. The Bertz CT molecular complexity index is 551. The molecule has 0 fully saturated rings. The van der Waals surface area contributed by atoms with E-state index < -0.39 is 0 Å². The molecule has 2 N–H and O–H groups in total. The van der Waals surface area contributed by atoms with Crippen molar-refractivity contribution < 1.29 is 4.52 Å². The molecule has 1 aromatic heterocycles. The average molecular weight is 310 g/mol. The van der Waals surface area contributed by atoms with Crippen molar-refractivity contribution in [3.63, 3.8) is 0 Å². The number of aromatic nitrogens is 2. The lowest BCUT2D eigenvalue weighted by Crippen LogP contribution is -2.16. The molecule has 2 rings (SSSR count). The van der Waals surface area contributed by atoms with Crippen molar-refractivity contribution in [3.05, 3.63) is 34.1 Å². The topological polar surface area (TPSA) is 64.9 Å². The van der Waals surface area contributed by atoms with Gasteiger partial charge in [-0.15, -0.1) is 0 Å². The Hall–Kier alpha value is -1.20. The van der Waals surface area contributed by atoms with Gasteiger partial charge in [-0.2, -0.15) is 4.98 Å². The highest BCUT2D eigenvalue weighted by Crippen LogP contribution is 2.28. The van der Waals surface area contributed by atoms with Gasteiger partial charge in [0.15, 0.2) is 0 Å². The summed E-state index contributed by atoms with van der Waals surface area (Å²) in [6, 6.07) is 5.77. The van der Waals surface area contributed by atoms with Crippen LogP contribution in [0, 0.1) is 12.8 Å². The first kappa shape index (κ1) is 13.2. The van der Waals surface area contributed by atoms with E-state index in [4.69, 9.17) is 10.3 Å². The maximum atomic E-state index is 5.98. The second-order valence-electron chi connectivity index (χ2n) is 4.71. The molecule has 4 nitrogen and oxygen atoms in total. The highest BCUT2D eigenvalue weighted by molar-refractivity contribution is 9.10. The SMILES string of the molecule is Cc1ccc(-c2noc([C@@H](N)C(C)C)n2)c(Br)c1. The first-order valence-electron chi connectivity index (χ1n) is 5.84. The van der Waals surface area contributed by atoms with E-state index in [1.54, 1.807) is 0 Å². The highest BCUT2D eigenvalue weighted by atomic mass is 79.9. The fourth-order valence-electron chi connectivity index (χ4n) is 1.57. The standard InChI is InChI=1S/C13H16BrN3O/c1-7(2)11(15)13-16-12(17-18-13)9-5-4-8(3)6-10(9)14/h4-7,11H,15H2,1-3H3/t11-/m0/s1. The smallest absolute Gasteiger partial charge is 0.244 e. The second-order valence-corrected chi connectivity index (χ2v) is 5.56. The van der Waals surface area contributed by atoms with E-state index in [9.17, 15) is 0 Å². The fraction of sp³-hybridized carbons (Fsp3) is 0.385. The first-order chi connectivity index (χ1) is 8.49. The van der Waals surface area contributed by atoms with Crippen LogP contribution in [-0.4, -0.2) is 10.1 Å². The van der Waals surface area contributed by atoms with Gasteiger partial charge in [0, 0.05) is 10.0 Å². The number of nitrogens with two attached hydrogens (primary N) is 1. The maximum absolute atomic E-state index is 5.98. The molecule has 0 spiro atoms. The van der Waals surface area contributed by atoms with Crippen LogP contribution in [-0.2, 0) is 0 Å². The van der Waals surface area contributed by atoms with Crippen molar-refractivity contribution in [1.82, 2.24) is 10.1 Å². The van der Waals surface area contributed by atoms with Gasteiger partial charge in [0.2, 0.25) is 11.7 Å². The van der Waals surface area contributed by atoms with Gasteiger partial charge in [-0.1, -0.05) is 41.0 Å². The van der Waals surface area contributed by atoms with E-state index in [-0.39, 0.29) is 12.0 Å². The van der Waals surface area contributed by atoms with Crippen LogP contribution in [0.15, 0.2) is 27.2 Å². The summed E-state index contributed by atoms with van der Waals surface area (Å²) < 4.78 is 6.17. The van der Waals surface area contributed by atoms with Crippen LogP contribution >= 0.6 is 15.9 Å². The van der Waals surface area contributed by atoms with Gasteiger partial charge in [-0.3, -0.25) is 0 Å². The van der Waals surface area contributed by atoms with Crippen molar-refractivity contribution in [2.45, 2.75) is 26.8 Å². The van der Waals surface area contributed by atoms with Crippen molar-refractivity contribution in [1.29, 1.82) is 0 Å². The lowest BCUT2D eigenvalue weighted by atomic mass is 10.1. The summed E-state index contributed by atoms with van der Waals surface area (Å²) in [6.07, 6.45) is 0. The Morgan fingerprint density at radius 2 is 2.06 bits per heavy atom. The van der Waals surface area contributed by atoms with Gasteiger partial charge >= 0.3 is 0 Å². The Balaban J connectivity index is 2.35. The van der Waals surface area contributed by atoms with Gasteiger partial charge in [-0.25, -0.2) is 0 Å². The Morgan fingerprint density at radius 1 is 1.33 bits per heavy atom. The van der Waals surface area contributed by atoms with Gasteiger partial charge in [0.1, 0.15) is 0 Å². The third-order valence-corrected chi connectivity index (χ3v) is 3.47. The van der Waals surface area contributed by atoms with E-state index in [1.165, 1.54) is 5.56 Å². The molecule has 0 aliphatic rings. The number of nitrogens with zero attached hydrogens (tertiary/aromatic N) is 2. The zero-order chi connectivity index (χ0) is 13.3. The normalized spacial score (nSPS) is 13.0. The Kier molecular flexibility index (Phi) is 3.82. The third-order valence-electron chi connectivity index (χ3n) is 2.81. The number of hydrogen-bond donors (Lipinski definition) is 1. The average Bonchev–Trinajstić information content (AvgIpc) is 2.77. The quantitative estimate of drug-likeness (QED) is 0.943. The van der Waals surface area contributed by atoms with E-state index in [0.29, 0.717) is 11.7 Å². The van der Waals surface area contributed by atoms with E-state index >= 15 is 0 Å². The molecule has 1 aromatic carbocycles. The molecular formula is C13H16BrN3O. The summed E-state index contributed by atoms with van der Waals surface area (Å²) in [5.41, 5.74) is 8.07. The molecule has 96 valence electrons. The predicted molar refractivity (Wildman–Crippen MR) is 73.9 cm³/mol. The van der Waals surface area contributed by atoms with Crippen molar-refractivity contribution >= 4 is 15.9 Å². The summed E-state index contributed by atoms with van der Waals surface area (Å²) in [6.45, 7) is 6.08. The van der Waals surface area contributed by atoms with Gasteiger partial charge in [-0.05, 0) is 30.5 Å². The number of rotatable bonds is 3. The lowest BCUT2D eigenvalue weighted by Gasteiger charge is -2.09. The van der Waals surface area contributed by atoms with Crippen molar-refractivity contribution in [2.24, 2.45) is 11.7 Å². The minimum absolute atomic E-state index is 0.226. The van der Waals surface area contributed by atoms with Gasteiger partial charge in [0.25, 0.3) is 0 Å². The molecule has 0 radical (unpaired) electrons. The van der Waals surface area contributed by atoms with E-state index in [0.717, 1.165) is 10.0 Å². The van der Waals surface area contributed by atoms with Crippen LogP contribution in [0.3, 0.4) is 0 Å². The highest BCUT2D eigenvalue weighted by Gasteiger charge is 2.19. The number of aryl methyl sites for hydroxylation is 1. The minimum Gasteiger partial charge on any atom is -0.337 e. The minimum atomic E-state index is -0.226. The Labute approximate surface area is 115 Å². The van der Waals surface area contributed by atoms with Crippen LogP contribution in [0.25, 0.3) is 11.4 Å². The number of halogens is 1. The molecule has 0 amide bonds. The molecule has 0 bridgehead atoms. The van der Waals surface area contributed by atoms with Crippen LogP contribution in [0.5, 0.6) is 0 Å². The lowest BCUT2D eigenvalue weighted by molar-refractivity contribution is 0.325. The Morgan fingerprint density at radius 3 is 2.67 bits per heavy atom. The maximum Gasteiger partial charge on any atom is 0.244 e. The van der Waals surface area contributed by atoms with Crippen LogP contribution in [0.4, 0.5) is 0 Å². The largest absolute Gasteiger partial charge is 0.337 e. The van der Waals surface area contributed by atoms with Crippen LogP contribution < -0.4 is 5.73 Å². The molecule has 0 aliphatic carbocycles. The molecule has 0 aliphatic heterocycles. The zero-order valence-corrected chi connectivity index (χ0v) is 12.2. The summed E-state index contributed by atoms with van der Waals surface area (Å²) in [7, 11) is 0.